The summed E-state index contributed by atoms with van der Waals surface area (Å²) in [5, 5.41) is 1.42. The number of rotatable bonds is 1. The average Bonchev–Trinajstić information content (AvgIpc) is 2.93. The highest BCUT2D eigenvalue weighted by Gasteiger charge is 2.17. The van der Waals surface area contributed by atoms with Crippen molar-refractivity contribution in [3.63, 3.8) is 0 Å². The van der Waals surface area contributed by atoms with Gasteiger partial charge in [0.05, 0.1) is 16.1 Å². The van der Waals surface area contributed by atoms with Crippen LogP contribution in [0.1, 0.15) is 0 Å². The molecule has 0 aliphatic carbocycles. The number of benzene rings is 2. The van der Waals surface area contributed by atoms with E-state index in [9.17, 15) is 4.39 Å². The number of nitrogens with zero attached hydrogens (tertiary/aromatic N) is 2. The van der Waals surface area contributed by atoms with Crippen LogP contribution in [0.15, 0.2) is 42.5 Å². The van der Waals surface area contributed by atoms with E-state index in [4.69, 9.17) is 23.2 Å². The second-order valence-electron chi connectivity index (χ2n) is 4.83. The van der Waals surface area contributed by atoms with E-state index in [2.05, 4.69) is 15.0 Å². The van der Waals surface area contributed by atoms with Crippen LogP contribution in [-0.2, 0) is 0 Å². The van der Waals surface area contributed by atoms with Crippen LogP contribution in [0.25, 0.3) is 33.3 Å². The zero-order valence-corrected chi connectivity index (χ0v) is 12.6. The topological polar surface area (TPSA) is 41.6 Å². The van der Waals surface area contributed by atoms with Gasteiger partial charge in [0.1, 0.15) is 22.7 Å². The van der Waals surface area contributed by atoms with E-state index in [1.165, 1.54) is 6.07 Å². The fourth-order valence-electron chi connectivity index (χ4n) is 2.49. The first kappa shape index (κ1) is 13.5. The Hall–Kier alpha value is -2.17. The summed E-state index contributed by atoms with van der Waals surface area (Å²) in [6.07, 6.45) is 0. The molecule has 2 heterocycles. The van der Waals surface area contributed by atoms with E-state index >= 15 is 0 Å². The maximum atomic E-state index is 14.1. The Morgan fingerprint density at radius 2 is 1.77 bits per heavy atom. The summed E-state index contributed by atoms with van der Waals surface area (Å²) in [6.45, 7) is 0. The first-order valence-electron chi connectivity index (χ1n) is 6.53. The number of aromatic nitrogens is 3. The van der Waals surface area contributed by atoms with Gasteiger partial charge in [-0.2, -0.15) is 0 Å². The molecule has 0 aliphatic rings. The lowest BCUT2D eigenvalue weighted by molar-refractivity contribution is 0.630. The average molecular weight is 332 g/mol. The Morgan fingerprint density at radius 3 is 2.59 bits per heavy atom. The highest BCUT2D eigenvalue weighted by atomic mass is 35.5. The molecule has 0 radical (unpaired) electrons. The largest absolute Gasteiger partial charge is 0.335 e. The highest BCUT2D eigenvalue weighted by molar-refractivity contribution is 6.35. The fourth-order valence-corrected chi connectivity index (χ4v) is 2.97. The van der Waals surface area contributed by atoms with Crippen LogP contribution in [0.2, 0.25) is 10.2 Å². The quantitative estimate of drug-likeness (QED) is 0.485. The number of imidazole rings is 1. The van der Waals surface area contributed by atoms with Crippen molar-refractivity contribution in [2.75, 3.05) is 0 Å². The van der Waals surface area contributed by atoms with E-state index in [1.807, 2.05) is 24.3 Å². The number of para-hydroxylation sites is 1. The lowest BCUT2D eigenvalue weighted by Crippen LogP contribution is -1.87. The van der Waals surface area contributed by atoms with Gasteiger partial charge in [-0.05, 0) is 18.2 Å². The summed E-state index contributed by atoms with van der Waals surface area (Å²) in [6, 6.07) is 12.0. The molecule has 0 amide bonds. The number of H-pyrrole nitrogens is 1. The van der Waals surface area contributed by atoms with Gasteiger partial charge in [0.2, 0.25) is 0 Å². The maximum Gasteiger partial charge on any atom is 0.155 e. The van der Waals surface area contributed by atoms with Gasteiger partial charge >= 0.3 is 0 Å². The molecule has 0 saturated carbocycles. The Kier molecular flexibility index (Phi) is 3.03. The molecule has 22 heavy (non-hydrogen) atoms. The normalized spacial score (nSPS) is 11.4. The minimum Gasteiger partial charge on any atom is -0.335 e. The number of hydrogen-bond donors (Lipinski definition) is 1. The molecule has 6 heteroatoms. The molecule has 108 valence electrons. The van der Waals surface area contributed by atoms with Crippen LogP contribution >= 0.6 is 23.2 Å². The maximum absolute atomic E-state index is 14.1. The van der Waals surface area contributed by atoms with Crippen LogP contribution in [0.3, 0.4) is 0 Å². The van der Waals surface area contributed by atoms with E-state index in [0.29, 0.717) is 22.0 Å². The Labute approximate surface area is 134 Å². The minimum atomic E-state index is -0.444. The molecule has 0 aliphatic heterocycles. The molecular weight excluding hydrogens is 324 g/mol. The second kappa shape index (κ2) is 4.93. The lowest BCUT2D eigenvalue weighted by atomic mass is 10.2. The molecule has 0 bridgehead atoms. The molecule has 0 fully saturated rings. The van der Waals surface area contributed by atoms with Gasteiger partial charge in [0, 0.05) is 5.39 Å². The third-order valence-electron chi connectivity index (χ3n) is 3.49. The van der Waals surface area contributed by atoms with E-state index in [0.717, 1.165) is 10.9 Å². The van der Waals surface area contributed by atoms with Crippen LogP contribution in [-0.4, -0.2) is 15.0 Å². The third-order valence-corrected chi connectivity index (χ3v) is 4.08. The third kappa shape index (κ3) is 1.95. The second-order valence-corrected chi connectivity index (χ2v) is 5.59. The van der Waals surface area contributed by atoms with Crippen molar-refractivity contribution >= 4 is 45.1 Å². The highest BCUT2D eigenvalue weighted by Crippen LogP contribution is 2.33. The van der Waals surface area contributed by atoms with E-state index < -0.39 is 5.82 Å². The number of hydrogen-bond acceptors (Lipinski definition) is 2. The van der Waals surface area contributed by atoms with Gasteiger partial charge in [-0.3, -0.25) is 0 Å². The molecule has 2 aromatic carbocycles. The number of fused-ring (bicyclic) bond motifs is 3. The zero-order valence-electron chi connectivity index (χ0n) is 11.1. The van der Waals surface area contributed by atoms with E-state index in [1.54, 1.807) is 12.1 Å². The number of pyridine rings is 1. The van der Waals surface area contributed by atoms with E-state index in [-0.39, 0.29) is 10.6 Å². The van der Waals surface area contributed by atoms with Gasteiger partial charge in [-0.1, -0.05) is 47.5 Å². The monoisotopic (exact) mass is 331 g/mol. The van der Waals surface area contributed by atoms with Crippen molar-refractivity contribution in [2.24, 2.45) is 0 Å². The Balaban J connectivity index is 2.10. The summed E-state index contributed by atoms with van der Waals surface area (Å²) in [5.41, 5.74) is 2.16. The number of aromatic amines is 1. The molecule has 4 rings (SSSR count). The van der Waals surface area contributed by atoms with Crippen molar-refractivity contribution in [1.82, 2.24) is 15.0 Å². The van der Waals surface area contributed by atoms with Crippen molar-refractivity contribution < 1.29 is 4.39 Å². The van der Waals surface area contributed by atoms with Crippen molar-refractivity contribution in [3.8, 4) is 11.4 Å². The van der Waals surface area contributed by atoms with Gasteiger partial charge in [-0.15, -0.1) is 0 Å². The van der Waals surface area contributed by atoms with Crippen LogP contribution in [0, 0.1) is 5.82 Å². The number of nitrogens with one attached hydrogen (secondary N) is 1. The molecule has 1 N–H and O–H groups in total. The smallest absolute Gasteiger partial charge is 0.155 e. The van der Waals surface area contributed by atoms with Gasteiger partial charge in [0.25, 0.3) is 0 Å². The van der Waals surface area contributed by atoms with Crippen LogP contribution in [0.4, 0.5) is 4.39 Å². The van der Waals surface area contributed by atoms with Crippen LogP contribution in [0.5, 0.6) is 0 Å². The molecule has 0 saturated heterocycles. The molecule has 0 spiro atoms. The molecule has 4 aromatic rings. The molecule has 2 aromatic heterocycles. The standard InChI is InChI=1S/C16H8Cl2FN3/c17-9-5-3-6-10(19)12(9)16-21-13-8-4-1-2-7-11(8)20-15(18)14(13)22-16/h1-7H,(H,21,22). The van der Waals surface area contributed by atoms with Crippen molar-refractivity contribution in [2.45, 2.75) is 0 Å². The van der Waals surface area contributed by atoms with Crippen molar-refractivity contribution in [1.29, 1.82) is 0 Å². The zero-order chi connectivity index (χ0) is 15.3. The number of halogens is 3. The predicted molar refractivity (Wildman–Crippen MR) is 86.8 cm³/mol. The molecule has 0 atom stereocenters. The van der Waals surface area contributed by atoms with Crippen molar-refractivity contribution in [3.05, 3.63) is 58.5 Å². The SMILES string of the molecule is Fc1cccc(Cl)c1-c1nc2c([nH]1)c(Cl)nc1ccccc12. The first-order chi connectivity index (χ1) is 10.6. The first-order valence-corrected chi connectivity index (χ1v) is 7.29. The van der Waals surface area contributed by atoms with Gasteiger partial charge < -0.3 is 4.98 Å². The van der Waals surface area contributed by atoms with Crippen LogP contribution < -0.4 is 0 Å². The molecular formula is C16H8Cl2FN3. The Morgan fingerprint density at radius 1 is 0.955 bits per heavy atom. The summed E-state index contributed by atoms with van der Waals surface area (Å²) >= 11 is 12.3. The predicted octanol–water partition coefficient (Wildman–Crippen LogP) is 5.22. The molecule has 0 unspecified atom stereocenters. The summed E-state index contributed by atoms with van der Waals surface area (Å²) in [7, 11) is 0. The minimum absolute atomic E-state index is 0.223. The fraction of sp³-hybridized carbons (Fsp3) is 0. The van der Waals surface area contributed by atoms with Gasteiger partial charge in [-0.25, -0.2) is 14.4 Å². The Bertz CT molecular complexity index is 1010. The summed E-state index contributed by atoms with van der Waals surface area (Å²) in [4.78, 5) is 11.8. The lowest BCUT2D eigenvalue weighted by Gasteiger charge is -2.01. The van der Waals surface area contributed by atoms with Gasteiger partial charge in [0.15, 0.2) is 5.15 Å². The summed E-state index contributed by atoms with van der Waals surface area (Å²) < 4.78 is 14.1. The molecule has 3 nitrogen and oxygen atoms in total. The summed E-state index contributed by atoms with van der Waals surface area (Å²) in [5.74, 6) is -0.113.